The number of halogens is 2. The Morgan fingerprint density at radius 2 is 2.24 bits per heavy atom. The summed E-state index contributed by atoms with van der Waals surface area (Å²) in [5.41, 5.74) is 0. The van der Waals surface area contributed by atoms with Crippen LogP contribution in [-0.2, 0) is 6.54 Å². The van der Waals surface area contributed by atoms with Gasteiger partial charge in [0.15, 0.2) is 0 Å². The first-order chi connectivity index (χ1) is 10.1. The van der Waals surface area contributed by atoms with E-state index in [1.165, 1.54) is 11.3 Å². The summed E-state index contributed by atoms with van der Waals surface area (Å²) in [6, 6.07) is 7.74. The molecule has 0 saturated carbocycles. The Morgan fingerprint density at radius 1 is 1.43 bits per heavy atom. The van der Waals surface area contributed by atoms with Gasteiger partial charge in [0.1, 0.15) is 4.88 Å². The van der Waals surface area contributed by atoms with Gasteiger partial charge < -0.3 is 5.32 Å². The summed E-state index contributed by atoms with van der Waals surface area (Å²) >= 11 is 11.0. The van der Waals surface area contributed by atoms with Gasteiger partial charge in [0, 0.05) is 22.8 Å². The Labute approximate surface area is 138 Å². The number of nitrogens with zero attached hydrogens (tertiary/aromatic N) is 2. The van der Waals surface area contributed by atoms with Crippen LogP contribution in [0.1, 0.15) is 9.67 Å². The smallest absolute Gasteiger partial charge is 0.262 e. The van der Waals surface area contributed by atoms with Gasteiger partial charge in [-0.3, -0.25) is 9.48 Å². The highest BCUT2D eigenvalue weighted by atomic mass is 79.9. The molecule has 0 atom stereocenters. The lowest BCUT2D eigenvalue weighted by Gasteiger charge is -2.04. The van der Waals surface area contributed by atoms with Gasteiger partial charge in [0.05, 0.1) is 22.2 Å². The lowest BCUT2D eigenvalue weighted by molar-refractivity contribution is 0.0956. The maximum Gasteiger partial charge on any atom is 0.262 e. The molecule has 1 N–H and O–H groups in total. The van der Waals surface area contributed by atoms with Crippen molar-refractivity contribution in [1.29, 1.82) is 0 Å². The van der Waals surface area contributed by atoms with Crippen LogP contribution in [0.25, 0.3) is 10.1 Å². The van der Waals surface area contributed by atoms with E-state index in [4.69, 9.17) is 11.6 Å². The van der Waals surface area contributed by atoms with E-state index in [-0.39, 0.29) is 5.91 Å². The molecule has 1 aromatic carbocycles. The third-order valence-corrected chi connectivity index (χ3v) is 5.05. The molecule has 0 saturated heterocycles. The van der Waals surface area contributed by atoms with E-state index in [9.17, 15) is 4.79 Å². The Balaban J connectivity index is 1.68. The highest BCUT2D eigenvalue weighted by molar-refractivity contribution is 9.10. The van der Waals surface area contributed by atoms with E-state index in [1.54, 1.807) is 10.9 Å². The quantitative estimate of drug-likeness (QED) is 0.740. The molecule has 108 valence electrons. The van der Waals surface area contributed by atoms with Crippen LogP contribution in [0.4, 0.5) is 0 Å². The summed E-state index contributed by atoms with van der Waals surface area (Å²) in [5, 5.41) is 8.45. The molecule has 0 fully saturated rings. The first kappa shape index (κ1) is 14.6. The Bertz CT molecular complexity index is 798. The van der Waals surface area contributed by atoms with E-state index in [1.807, 2.05) is 30.5 Å². The van der Waals surface area contributed by atoms with Crippen LogP contribution < -0.4 is 5.32 Å². The van der Waals surface area contributed by atoms with Gasteiger partial charge in [0.25, 0.3) is 5.91 Å². The van der Waals surface area contributed by atoms with Gasteiger partial charge in [-0.2, -0.15) is 5.10 Å². The number of hydrogen-bond acceptors (Lipinski definition) is 3. The van der Waals surface area contributed by atoms with Crippen molar-refractivity contribution in [2.45, 2.75) is 6.54 Å². The van der Waals surface area contributed by atoms with Crippen LogP contribution >= 0.6 is 38.9 Å². The predicted molar refractivity (Wildman–Crippen MR) is 89.1 cm³/mol. The number of carbonyl (C=O) groups is 1. The first-order valence-electron chi connectivity index (χ1n) is 6.28. The van der Waals surface area contributed by atoms with Gasteiger partial charge in [-0.25, -0.2) is 0 Å². The van der Waals surface area contributed by atoms with Gasteiger partial charge in [-0.1, -0.05) is 29.8 Å². The van der Waals surface area contributed by atoms with Crippen molar-refractivity contribution < 1.29 is 4.79 Å². The fourth-order valence-corrected chi connectivity index (χ4v) is 3.75. The molecule has 2 heterocycles. The van der Waals surface area contributed by atoms with Crippen molar-refractivity contribution in [3.8, 4) is 0 Å². The van der Waals surface area contributed by atoms with Crippen molar-refractivity contribution >= 4 is 54.9 Å². The van der Waals surface area contributed by atoms with Gasteiger partial charge in [-0.15, -0.1) is 11.3 Å². The van der Waals surface area contributed by atoms with Gasteiger partial charge in [0.2, 0.25) is 0 Å². The molecule has 2 aromatic heterocycles. The molecule has 3 aromatic rings. The molecule has 1 amide bonds. The number of nitrogens with one attached hydrogen (secondary N) is 1. The zero-order valence-corrected chi connectivity index (χ0v) is 14.0. The van der Waals surface area contributed by atoms with Crippen LogP contribution in [0.5, 0.6) is 0 Å². The Kier molecular flexibility index (Phi) is 4.28. The first-order valence-corrected chi connectivity index (χ1v) is 8.27. The third-order valence-electron chi connectivity index (χ3n) is 2.97. The van der Waals surface area contributed by atoms with Gasteiger partial charge >= 0.3 is 0 Å². The second-order valence-electron chi connectivity index (χ2n) is 4.42. The monoisotopic (exact) mass is 383 g/mol. The molecular formula is C14H11BrClN3OS. The number of hydrogen-bond donors (Lipinski definition) is 1. The highest BCUT2D eigenvalue weighted by Gasteiger charge is 2.16. The lowest BCUT2D eigenvalue weighted by Crippen LogP contribution is -2.26. The van der Waals surface area contributed by atoms with Gasteiger partial charge in [-0.05, 0) is 22.0 Å². The summed E-state index contributed by atoms with van der Waals surface area (Å²) in [5.74, 6) is -0.146. The number of benzene rings is 1. The van der Waals surface area contributed by atoms with E-state index in [0.717, 1.165) is 14.6 Å². The fraction of sp³-hybridized carbons (Fsp3) is 0.143. The molecule has 0 bridgehead atoms. The zero-order chi connectivity index (χ0) is 14.8. The molecule has 7 heteroatoms. The summed E-state index contributed by atoms with van der Waals surface area (Å²) in [4.78, 5) is 12.8. The van der Waals surface area contributed by atoms with Crippen molar-refractivity contribution in [3.63, 3.8) is 0 Å². The Morgan fingerprint density at radius 3 is 2.95 bits per heavy atom. The number of aromatic nitrogens is 2. The minimum Gasteiger partial charge on any atom is -0.349 e. The molecular weight excluding hydrogens is 374 g/mol. The van der Waals surface area contributed by atoms with E-state index >= 15 is 0 Å². The van der Waals surface area contributed by atoms with E-state index in [2.05, 4.69) is 26.3 Å². The largest absolute Gasteiger partial charge is 0.349 e. The molecule has 3 rings (SSSR count). The normalized spacial score (nSPS) is 11.0. The third kappa shape index (κ3) is 3.12. The zero-order valence-electron chi connectivity index (χ0n) is 10.8. The maximum atomic E-state index is 12.2. The van der Waals surface area contributed by atoms with Crippen LogP contribution in [0, 0.1) is 0 Å². The second kappa shape index (κ2) is 6.17. The second-order valence-corrected chi connectivity index (χ2v) is 6.76. The van der Waals surface area contributed by atoms with Crippen LogP contribution in [-0.4, -0.2) is 22.2 Å². The molecule has 0 aliphatic carbocycles. The van der Waals surface area contributed by atoms with Crippen LogP contribution in [0.2, 0.25) is 5.02 Å². The number of rotatable bonds is 4. The van der Waals surface area contributed by atoms with E-state index < -0.39 is 0 Å². The Hall–Kier alpha value is -1.37. The average molecular weight is 385 g/mol. The van der Waals surface area contributed by atoms with Crippen molar-refractivity contribution in [3.05, 3.63) is 51.0 Å². The minimum atomic E-state index is -0.146. The average Bonchev–Trinajstić information content (AvgIpc) is 3.03. The molecule has 0 aliphatic heterocycles. The molecule has 0 unspecified atom stereocenters. The summed E-state index contributed by atoms with van der Waals surface area (Å²) in [6.45, 7) is 1.11. The molecule has 0 aliphatic rings. The maximum absolute atomic E-state index is 12.2. The number of amides is 1. The standard InChI is InChI=1S/C14H11BrClN3OS/c15-9-7-18-19(8-9)6-5-17-14(20)13-12(16)10-3-1-2-4-11(10)21-13/h1-4,7-8H,5-6H2,(H,17,20). The van der Waals surface area contributed by atoms with Crippen molar-refractivity contribution in [2.24, 2.45) is 0 Å². The lowest BCUT2D eigenvalue weighted by atomic mass is 10.2. The van der Waals surface area contributed by atoms with Crippen LogP contribution in [0.15, 0.2) is 41.1 Å². The summed E-state index contributed by atoms with van der Waals surface area (Å²) in [7, 11) is 0. The minimum absolute atomic E-state index is 0.146. The number of fused-ring (bicyclic) bond motifs is 1. The number of carbonyl (C=O) groups excluding carboxylic acids is 1. The molecule has 0 spiro atoms. The summed E-state index contributed by atoms with van der Waals surface area (Å²) < 4.78 is 3.70. The topological polar surface area (TPSA) is 46.9 Å². The highest BCUT2D eigenvalue weighted by Crippen LogP contribution is 2.34. The molecule has 0 radical (unpaired) electrons. The fourth-order valence-electron chi connectivity index (χ4n) is 1.98. The summed E-state index contributed by atoms with van der Waals surface area (Å²) in [6.07, 6.45) is 3.57. The molecule has 4 nitrogen and oxygen atoms in total. The SMILES string of the molecule is O=C(NCCn1cc(Br)cn1)c1sc2ccccc2c1Cl. The van der Waals surface area contributed by atoms with Crippen LogP contribution in [0.3, 0.4) is 0 Å². The predicted octanol–water partition coefficient (Wildman–Crippen LogP) is 3.94. The van der Waals surface area contributed by atoms with Crippen molar-refractivity contribution in [1.82, 2.24) is 15.1 Å². The molecule has 21 heavy (non-hydrogen) atoms. The van der Waals surface area contributed by atoms with E-state index in [0.29, 0.717) is 23.0 Å². The number of thiophene rings is 1. The van der Waals surface area contributed by atoms with Crippen molar-refractivity contribution in [2.75, 3.05) is 6.54 Å².